The van der Waals surface area contributed by atoms with Crippen molar-refractivity contribution in [3.8, 4) is 17.3 Å². The maximum Gasteiger partial charge on any atom is 0.228 e. The van der Waals surface area contributed by atoms with Gasteiger partial charge in [0.05, 0.1) is 17.9 Å². The van der Waals surface area contributed by atoms with Gasteiger partial charge in [-0.05, 0) is 12.1 Å². The van der Waals surface area contributed by atoms with Gasteiger partial charge in [-0.3, -0.25) is 14.8 Å². The van der Waals surface area contributed by atoms with Gasteiger partial charge < -0.3 is 4.74 Å². The number of aromatic nitrogens is 7. The molecule has 1 aromatic carbocycles. The number of aromatic amines is 1. The second-order valence-corrected chi connectivity index (χ2v) is 6.14. The summed E-state index contributed by atoms with van der Waals surface area (Å²) < 4.78 is 7.72. The van der Waals surface area contributed by atoms with Crippen LogP contribution in [0.2, 0.25) is 0 Å². The molecule has 0 aliphatic heterocycles. The fourth-order valence-electron chi connectivity index (χ4n) is 3.03. The number of nitrogens with zero attached hydrogens (tertiary/aromatic N) is 6. The van der Waals surface area contributed by atoms with E-state index in [1.54, 1.807) is 29.5 Å². The molecule has 0 aliphatic rings. The van der Waals surface area contributed by atoms with Crippen LogP contribution in [0.15, 0.2) is 55.1 Å². The minimum absolute atomic E-state index is 0.365. The van der Waals surface area contributed by atoms with E-state index in [1.807, 2.05) is 37.4 Å². The quantitative estimate of drug-likeness (QED) is 0.531. The lowest BCUT2D eigenvalue weighted by Gasteiger charge is -2.09. The summed E-state index contributed by atoms with van der Waals surface area (Å²) in [5.41, 5.74) is 3.49. The minimum atomic E-state index is 0.365. The van der Waals surface area contributed by atoms with Crippen LogP contribution in [0.1, 0.15) is 5.56 Å². The van der Waals surface area contributed by atoms with Gasteiger partial charge in [0.1, 0.15) is 12.0 Å². The van der Waals surface area contributed by atoms with Crippen molar-refractivity contribution in [3.63, 3.8) is 0 Å². The molecule has 4 heterocycles. The summed E-state index contributed by atoms with van der Waals surface area (Å²) in [4.78, 5) is 13.5. The van der Waals surface area contributed by atoms with Crippen molar-refractivity contribution in [2.24, 2.45) is 7.05 Å². The van der Waals surface area contributed by atoms with Gasteiger partial charge in [-0.15, -0.1) is 0 Å². The van der Waals surface area contributed by atoms with Gasteiger partial charge >= 0.3 is 0 Å². The molecule has 0 atom stereocenters. The Morgan fingerprint density at radius 2 is 2.00 bits per heavy atom. The summed E-state index contributed by atoms with van der Waals surface area (Å²) in [5, 5.41) is 13.1. The predicted octanol–water partition coefficient (Wildman–Crippen LogP) is 2.88. The molecule has 0 aliphatic carbocycles. The van der Waals surface area contributed by atoms with Crippen molar-refractivity contribution >= 4 is 21.9 Å². The van der Waals surface area contributed by atoms with Gasteiger partial charge in [-0.2, -0.15) is 15.2 Å². The maximum absolute atomic E-state index is 6.01. The highest BCUT2D eigenvalue weighted by Gasteiger charge is 2.16. The molecule has 0 unspecified atom stereocenters. The van der Waals surface area contributed by atoms with Crippen LogP contribution in [0.25, 0.3) is 33.3 Å². The Kier molecular flexibility index (Phi) is 3.53. The zero-order valence-corrected chi connectivity index (χ0v) is 14.5. The van der Waals surface area contributed by atoms with E-state index in [1.165, 1.54) is 0 Å². The largest absolute Gasteiger partial charge is 0.472 e. The fourth-order valence-corrected chi connectivity index (χ4v) is 3.03. The highest BCUT2D eigenvalue weighted by Crippen LogP contribution is 2.30. The highest BCUT2D eigenvalue weighted by atomic mass is 16.5. The zero-order valence-electron chi connectivity index (χ0n) is 14.5. The molecule has 0 saturated heterocycles. The smallest absolute Gasteiger partial charge is 0.228 e. The second kappa shape index (κ2) is 6.17. The number of pyridine rings is 1. The predicted molar refractivity (Wildman–Crippen MR) is 100.0 cm³/mol. The number of nitrogens with one attached hydrogen (secondary N) is 1. The Bertz CT molecular complexity index is 1240. The molecule has 0 saturated carbocycles. The number of aryl methyl sites for hydroxylation is 1. The van der Waals surface area contributed by atoms with Gasteiger partial charge in [0.15, 0.2) is 11.5 Å². The van der Waals surface area contributed by atoms with Crippen LogP contribution < -0.4 is 4.74 Å². The first-order chi connectivity index (χ1) is 13.3. The third-order valence-electron chi connectivity index (χ3n) is 4.38. The number of rotatable bonds is 4. The third-order valence-corrected chi connectivity index (χ3v) is 4.38. The van der Waals surface area contributed by atoms with Crippen LogP contribution in [-0.4, -0.2) is 34.9 Å². The van der Waals surface area contributed by atoms with Crippen LogP contribution in [0.4, 0.5) is 0 Å². The standard InChI is InChI=1S/C19H15N7O/c1-26-18-15(10-22-26)19(27-11-12-4-3-7-20-8-12)24-17(23-18)13-5-2-6-16-14(13)9-21-25-16/h2-10H,11H2,1H3,(H,21,25). The maximum atomic E-state index is 6.01. The van der Waals surface area contributed by atoms with Gasteiger partial charge in [-0.25, -0.2) is 4.98 Å². The summed E-state index contributed by atoms with van der Waals surface area (Å²) in [7, 11) is 1.85. The van der Waals surface area contributed by atoms with Crippen LogP contribution in [0.3, 0.4) is 0 Å². The summed E-state index contributed by atoms with van der Waals surface area (Å²) in [5.74, 6) is 1.06. The molecular formula is C19H15N7O. The Morgan fingerprint density at radius 1 is 1.04 bits per heavy atom. The lowest BCUT2D eigenvalue weighted by molar-refractivity contribution is 0.297. The van der Waals surface area contributed by atoms with E-state index in [0.29, 0.717) is 24.0 Å². The normalized spacial score (nSPS) is 11.3. The highest BCUT2D eigenvalue weighted by molar-refractivity contribution is 5.93. The number of hydrogen-bond acceptors (Lipinski definition) is 6. The summed E-state index contributed by atoms with van der Waals surface area (Å²) in [6, 6.07) is 9.72. The lowest BCUT2D eigenvalue weighted by Crippen LogP contribution is -2.02. The number of hydrogen-bond donors (Lipinski definition) is 1. The molecule has 0 amide bonds. The third kappa shape index (κ3) is 2.67. The number of ether oxygens (including phenoxy) is 1. The average molecular weight is 357 g/mol. The van der Waals surface area contributed by atoms with E-state index >= 15 is 0 Å². The van der Waals surface area contributed by atoms with E-state index in [2.05, 4.69) is 25.3 Å². The van der Waals surface area contributed by atoms with Crippen molar-refractivity contribution in [2.75, 3.05) is 0 Å². The van der Waals surface area contributed by atoms with Crippen molar-refractivity contribution in [3.05, 3.63) is 60.7 Å². The molecule has 8 nitrogen and oxygen atoms in total. The number of benzene rings is 1. The number of H-pyrrole nitrogens is 1. The van der Waals surface area contributed by atoms with Crippen LogP contribution in [0, 0.1) is 0 Å². The first-order valence-electron chi connectivity index (χ1n) is 8.43. The molecule has 132 valence electrons. The topological polar surface area (TPSA) is 94.4 Å². The Balaban J connectivity index is 1.63. The first-order valence-corrected chi connectivity index (χ1v) is 8.43. The lowest BCUT2D eigenvalue weighted by atomic mass is 10.1. The molecule has 0 spiro atoms. The molecule has 5 rings (SSSR count). The summed E-state index contributed by atoms with van der Waals surface area (Å²) in [6.07, 6.45) is 7.00. The SMILES string of the molecule is Cn1ncc2c(OCc3cccnc3)nc(-c3cccc4[nH]ncc34)nc21. The van der Waals surface area contributed by atoms with E-state index in [0.717, 1.165) is 27.4 Å². The van der Waals surface area contributed by atoms with E-state index < -0.39 is 0 Å². The molecule has 0 radical (unpaired) electrons. The van der Waals surface area contributed by atoms with Crippen LogP contribution in [-0.2, 0) is 13.7 Å². The van der Waals surface area contributed by atoms with Crippen molar-refractivity contribution in [1.29, 1.82) is 0 Å². The fraction of sp³-hybridized carbons (Fsp3) is 0.105. The molecule has 27 heavy (non-hydrogen) atoms. The van der Waals surface area contributed by atoms with Crippen LogP contribution >= 0.6 is 0 Å². The van der Waals surface area contributed by atoms with Crippen molar-refractivity contribution < 1.29 is 4.74 Å². The molecule has 4 aromatic heterocycles. The Morgan fingerprint density at radius 3 is 2.89 bits per heavy atom. The monoisotopic (exact) mass is 357 g/mol. The van der Waals surface area contributed by atoms with Gasteiger partial charge in [-0.1, -0.05) is 18.2 Å². The van der Waals surface area contributed by atoms with Gasteiger partial charge in [0.2, 0.25) is 5.88 Å². The molecule has 0 fully saturated rings. The molecule has 5 aromatic rings. The van der Waals surface area contributed by atoms with Crippen LogP contribution in [0.5, 0.6) is 5.88 Å². The first kappa shape index (κ1) is 15.4. The van der Waals surface area contributed by atoms with Crippen molar-refractivity contribution in [1.82, 2.24) is 34.9 Å². The molecular weight excluding hydrogens is 342 g/mol. The van der Waals surface area contributed by atoms with E-state index in [9.17, 15) is 0 Å². The zero-order chi connectivity index (χ0) is 18.2. The van der Waals surface area contributed by atoms with Gasteiger partial charge in [0, 0.05) is 36.0 Å². The van der Waals surface area contributed by atoms with E-state index in [4.69, 9.17) is 9.72 Å². The minimum Gasteiger partial charge on any atom is -0.472 e. The number of fused-ring (bicyclic) bond motifs is 2. The van der Waals surface area contributed by atoms with E-state index in [-0.39, 0.29) is 0 Å². The second-order valence-electron chi connectivity index (χ2n) is 6.14. The summed E-state index contributed by atoms with van der Waals surface area (Å²) >= 11 is 0. The Hall–Kier alpha value is -3.81. The van der Waals surface area contributed by atoms with Gasteiger partial charge in [0.25, 0.3) is 0 Å². The Labute approximate surface area is 153 Å². The average Bonchev–Trinajstić information content (AvgIpc) is 3.34. The molecule has 0 bridgehead atoms. The molecule has 8 heteroatoms. The van der Waals surface area contributed by atoms with Crippen molar-refractivity contribution in [2.45, 2.75) is 6.61 Å². The summed E-state index contributed by atoms with van der Waals surface area (Å²) in [6.45, 7) is 0.365. The molecule has 1 N–H and O–H groups in total.